The molecule has 0 aliphatic heterocycles. The minimum absolute atomic E-state index is 0.0253. The summed E-state index contributed by atoms with van der Waals surface area (Å²) in [6.45, 7) is 10.3. The van der Waals surface area contributed by atoms with Crippen LogP contribution in [0, 0.1) is 0 Å². The van der Waals surface area contributed by atoms with Crippen LogP contribution < -0.4 is 17.0 Å². The van der Waals surface area contributed by atoms with Gasteiger partial charge in [0.2, 0.25) is 0 Å². The van der Waals surface area contributed by atoms with Crippen molar-refractivity contribution in [3.05, 3.63) is 27.2 Å². The van der Waals surface area contributed by atoms with E-state index in [1.807, 2.05) is 27.7 Å². The molecule has 22 heavy (non-hydrogen) atoms. The van der Waals surface area contributed by atoms with Gasteiger partial charge in [-0.05, 0) is 34.1 Å². The first-order chi connectivity index (χ1) is 10.2. The second kappa shape index (κ2) is 5.72. The summed E-state index contributed by atoms with van der Waals surface area (Å²) in [5, 5.41) is 0. The average molecular weight is 307 g/mol. The molecule has 2 heterocycles. The maximum atomic E-state index is 12.7. The van der Waals surface area contributed by atoms with Gasteiger partial charge in [-0.15, -0.1) is 0 Å². The predicted molar refractivity (Wildman–Crippen MR) is 87.2 cm³/mol. The van der Waals surface area contributed by atoms with E-state index >= 15 is 0 Å². The van der Waals surface area contributed by atoms with Gasteiger partial charge in [-0.3, -0.25) is 13.9 Å². The van der Waals surface area contributed by atoms with Crippen molar-refractivity contribution >= 4 is 11.2 Å². The molecule has 0 amide bonds. The van der Waals surface area contributed by atoms with E-state index in [9.17, 15) is 9.59 Å². The number of nitrogens with two attached hydrogens (primary N) is 1. The topological polar surface area (TPSA) is 87.8 Å². The first-order valence-electron chi connectivity index (χ1n) is 7.70. The van der Waals surface area contributed by atoms with E-state index in [-0.39, 0.29) is 17.3 Å². The van der Waals surface area contributed by atoms with Crippen molar-refractivity contribution in [3.63, 3.8) is 0 Å². The molecule has 2 aromatic rings. The molecule has 0 aromatic carbocycles. The molecule has 0 spiro atoms. The zero-order chi connectivity index (χ0) is 16.7. The summed E-state index contributed by atoms with van der Waals surface area (Å²) in [7, 11) is 0. The van der Waals surface area contributed by atoms with Crippen molar-refractivity contribution in [1.29, 1.82) is 0 Å². The summed E-state index contributed by atoms with van der Waals surface area (Å²) in [5.41, 5.74) is 5.87. The number of hydrogen-bond acceptors (Lipinski definition) is 4. The Hall–Kier alpha value is -1.89. The van der Waals surface area contributed by atoms with Gasteiger partial charge in [0.25, 0.3) is 5.56 Å². The fourth-order valence-electron chi connectivity index (χ4n) is 2.62. The SMILES string of the molecule is CCC(C)n1c(=O)n(CC)c(=O)c2c1ncn2CC(C)(C)N. The van der Waals surface area contributed by atoms with Gasteiger partial charge in [-0.1, -0.05) is 6.92 Å². The van der Waals surface area contributed by atoms with E-state index in [0.29, 0.717) is 24.3 Å². The lowest BCUT2D eigenvalue weighted by atomic mass is 10.1. The van der Waals surface area contributed by atoms with Crippen molar-refractivity contribution in [2.75, 3.05) is 0 Å². The predicted octanol–water partition coefficient (Wildman–Crippen LogP) is 1.09. The Morgan fingerprint density at radius 2 is 1.95 bits per heavy atom. The summed E-state index contributed by atoms with van der Waals surface area (Å²) in [4.78, 5) is 29.6. The van der Waals surface area contributed by atoms with Gasteiger partial charge in [0.1, 0.15) is 0 Å². The van der Waals surface area contributed by atoms with Crippen LogP contribution in [-0.4, -0.2) is 24.2 Å². The Morgan fingerprint density at radius 3 is 2.45 bits per heavy atom. The number of aromatic nitrogens is 4. The molecule has 0 radical (unpaired) electrons. The zero-order valence-corrected chi connectivity index (χ0v) is 14.0. The van der Waals surface area contributed by atoms with Gasteiger partial charge in [-0.25, -0.2) is 9.78 Å². The molecule has 2 N–H and O–H groups in total. The molecule has 1 unspecified atom stereocenters. The van der Waals surface area contributed by atoms with Gasteiger partial charge >= 0.3 is 5.69 Å². The van der Waals surface area contributed by atoms with Crippen LogP contribution in [0.5, 0.6) is 0 Å². The zero-order valence-electron chi connectivity index (χ0n) is 14.0. The fraction of sp³-hybridized carbons (Fsp3) is 0.667. The Bertz CT molecular complexity index is 791. The van der Waals surface area contributed by atoms with Crippen LogP contribution in [0.1, 0.15) is 47.1 Å². The third-order valence-corrected chi connectivity index (χ3v) is 3.86. The second-order valence-corrected chi connectivity index (χ2v) is 6.49. The highest BCUT2D eigenvalue weighted by atomic mass is 16.2. The Labute approximate surface area is 129 Å². The molecule has 1 atom stereocenters. The van der Waals surface area contributed by atoms with Crippen LogP contribution in [0.4, 0.5) is 0 Å². The number of imidazole rings is 1. The van der Waals surface area contributed by atoms with Gasteiger partial charge in [0, 0.05) is 24.7 Å². The minimum Gasteiger partial charge on any atom is -0.324 e. The molecule has 0 aliphatic rings. The molecule has 0 bridgehead atoms. The fourth-order valence-corrected chi connectivity index (χ4v) is 2.62. The van der Waals surface area contributed by atoms with Crippen LogP contribution in [0.15, 0.2) is 15.9 Å². The average Bonchev–Trinajstić information content (AvgIpc) is 2.80. The first-order valence-corrected chi connectivity index (χ1v) is 7.70. The van der Waals surface area contributed by atoms with Crippen LogP contribution >= 0.6 is 0 Å². The highest BCUT2D eigenvalue weighted by Gasteiger charge is 2.22. The van der Waals surface area contributed by atoms with Crippen LogP contribution in [0.2, 0.25) is 0 Å². The Morgan fingerprint density at radius 1 is 1.32 bits per heavy atom. The molecule has 7 nitrogen and oxygen atoms in total. The highest BCUT2D eigenvalue weighted by molar-refractivity contribution is 5.70. The van der Waals surface area contributed by atoms with Crippen molar-refractivity contribution < 1.29 is 0 Å². The van der Waals surface area contributed by atoms with E-state index in [2.05, 4.69) is 4.98 Å². The summed E-state index contributed by atoms with van der Waals surface area (Å²) < 4.78 is 4.62. The van der Waals surface area contributed by atoms with Crippen LogP contribution in [-0.2, 0) is 13.1 Å². The molecule has 2 aromatic heterocycles. The Kier molecular flexibility index (Phi) is 4.28. The monoisotopic (exact) mass is 307 g/mol. The quantitative estimate of drug-likeness (QED) is 0.895. The summed E-state index contributed by atoms with van der Waals surface area (Å²) in [5.74, 6) is 0. The van der Waals surface area contributed by atoms with Crippen molar-refractivity contribution in [2.24, 2.45) is 5.73 Å². The molecule has 0 fully saturated rings. The van der Waals surface area contributed by atoms with E-state index in [4.69, 9.17) is 5.73 Å². The van der Waals surface area contributed by atoms with Crippen LogP contribution in [0.25, 0.3) is 11.2 Å². The van der Waals surface area contributed by atoms with Crippen LogP contribution in [0.3, 0.4) is 0 Å². The van der Waals surface area contributed by atoms with Crippen molar-refractivity contribution in [2.45, 2.75) is 65.7 Å². The molecular weight excluding hydrogens is 282 g/mol. The van der Waals surface area contributed by atoms with Gasteiger partial charge in [-0.2, -0.15) is 0 Å². The smallest absolute Gasteiger partial charge is 0.324 e. The lowest BCUT2D eigenvalue weighted by Crippen LogP contribution is -2.42. The Balaban J connectivity index is 2.87. The maximum Gasteiger partial charge on any atom is 0.332 e. The largest absolute Gasteiger partial charge is 0.332 e. The summed E-state index contributed by atoms with van der Waals surface area (Å²) >= 11 is 0. The second-order valence-electron chi connectivity index (χ2n) is 6.49. The van der Waals surface area contributed by atoms with Crippen molar-refractivity contribution in [3.8, 4) is 0 Å². The van der Waals surface area contributed by atoms with Gasteiger partial charge < -0.3 is 10.3 Å². The van der Waals surface area contributed by atoms with E-state index in [1.165, 1.54) is 4.57 Å². The van der Waals surface area contributed by atoms with E-state index < -0.39 is 5.54 Å². The normalized spacial score (nSPS) is 13.7. The third-order valence-electron chi connectivity index (χ3n) is 3.86. The lowest BCUT2D eigenvalue weighted by Gasteiger charge is -2.20. The lowest BCUT2D eigenvalue weighted by molar-refractivity contribution is 0.438. The molecule has 2 rings (SSSR count). The molecule has 0 saturated heterocycles. The summed E-state index contributed by atoms with van der Waals surface area (Å²) in [6, 6.07) is -0.0253. The number of hydrogen-bond donors (Lipinski definition) is 1. The van der Waals surface area contributed by atoms with Gasteiger partial charge in [0.05, 0.1) is 6.33 Å². The molecule has 0 saturated carbocycles. The number of rotatable bonds is 5. The maximum absolute atomic E-state index is 12.7. The third kappa shape index (κ3) is 2.72. The molecular formula is C15H25N5O2. The molecule has 122 valence electrons. The molecule has 7 heteroatoms. The number of fused-ring (bicyclic) bond motifs is 1. The molecule has 0 aliphatic carbocycles. The standard InChI is InChI=1S/C15H25N5O2/c1-6-10(3)20-12-11(13(21)19(7-2)14(20)22)18(9-17-12)8-15(4,5)16/h9-10H,6-8,16H2,1-5H3. The van der Waals surface area contributed by atoms with Crippen molar-refractivity contribution in [1.82, 2.24) is 18.7 Å². The van der Waals surface area contributed by atoms with E-state index in [1.54, 1.807) is 22.4 Å². The minimum atomic E-state index is -0.478. The first kappa shape index (κ1) is 16.5. The van der Waals surface area contributed by atoms with E-state index in [0.717, 1.165) is 6.42 Å². The highest BCUT2D eigenvalue weighted by Crippen LogP contribution is 2.15. The van der Waals surface area contributed by atoms with Gasteiger partial charge in [0.15, 0.2) is 11.2 Å². The number of nitrogens with zero attached hydrogens (tertiary/aromatic N) is 4. The summed E-state index contributed by atoms with van der Waals surface area (Å²) in [6.07, 6.45) is 2.38.